The predicted molar refractivity (Wildman–Crippen MR) is 99.6 cm³/mol. The highest BCUT2D eigenvalue weighted by Gasteiger charge is 2.33. The standard InChI is InChI=1S/C22H24O4/c1-4-25-21(24)22(2,3)26-17-11-13-19-16(14-17)10-12-18(20(19)23)15-8-6-5-7-9-15/h5-9,11,13-14,18H,4,10,12H2,1-3H3. The van der Waals surface area contributed by atoms with Crippen molar-refractivity contribution in [3.05, 3.63) is 65.2 Å². The summed E-state index contributed by atoms with van der Waals surface area (Å²) in [7, 11) is 0. The van der Waals surface area contributed by atoms with Crippen molar-refractivity contribution in [3.8, 4) is 5.75 Å². The SMILES string of the molecule is CCOC(=O)C(C)(C)Oc1ccc2c(c1)CCC(c1ccccc1)C2=O. The van der Waals surface area contributed by atoms with Gasteiger partial charge in [0.2, 0.25) is 0 Å². The summed E-state index contributed by atoms with van der Waals surface area (Å²) in [6.45, 7) is 5.44. The lowest BCUT2D eigenvalue weighted by atomic mass is 9.79. The van der Waals surface area contributed by atoms with Crippen LogP contribution in [0.2, 0.25) is 0 Å². The van der Waals surface area contributed by atoms with Crippen LogP contribution in [0.15, 0.2) is 48.5 Å². The van der Waals surface area contributed by atoms with Crippen molar-refractivity contribution in [1.29, 1.82) is 0 Å². The Hall–Kier alpha value is -2.62. The first-order valence-corrected chi connectivity index (χ1v) is 9.00. The smallest absolute Gasteiger partial charge is 0.349 e. The minimum Gasteiger partial charge on any atom is -0.476 e. The predicted octanol–water partition coefficient (Wildman–Crippen LogP) is 4.32. The third kappa shape index (κ3) is 3.64. The van der Waals surface area contributed by atoms with Crippen molar-refractivity contribution in [1.82, 2.24) is 0 Å². The van der Waals surface area contributed by atoms with Crippen molar-refractivity contribution in [2.24, 2.45) is 0 Å². The maximum Gasteiger partial charge on any atom is 0.349 e. The molecule has 0 heterocycles. The summed E-state index contributed by atoms with van der Waals surface area (Å²) in [4.78, 5) is 24.9. The summed E-state index contributed by atoms with van der Waals surface area (Å²) in [5, 5.41) is 0. The monoisotopic (exact) mass is 352 g/mol. The van der Waals surface area contributed by atoms with Gasteiger partial charge in [0.05, 0.1) is 6.61 Å². The van der Waals surface area contributed by atoms with Gasteiger partial charge in [-0.1, -0.05) is 30.3 Å². The number of esters is 1. The van der Waals surface area contributed by atoms with Crippen LogP contribution < -0.4 is 4.74 Å². The van der Waals surface area contributed by atoms with Crippen LogP contribution in [-0.2, 0) is 16.0 Å². The molecule has 0 saturated heterocycles. The Labute approximate surface area is 154 Å². The van der Waals surface area contributed by atoms with Crippen LogP contribution in [0.3, 0.4) is 0 Å². The van der Waals surface area contributed by atoms with Gasteiger partial charge in [-0.3, -0.25) is 4.79 Å². The van der Waals surface area contributed by atoms with Gasteiger partial charge in [-0.25, -0.2) is 4.79 Å². The summed E-state index contributed by atoms with van der Waals surface area (Å²) in [6.07, 6.45) is 1.58. The largest absolute Gasteiger partial charge is 0.476 e. The van der Waals surface area contributed by atoms with E-state index in [1.807, 2.05) is 42.5 Å². The summed E-state index contributed by atoms with van der Waals surface area (Å²) in [6, 6.07) is 15.3. The average molecular weight is 352 g/mol. The summed E-state index contributed by atoms with van der Waals surface area (Å²) < 4.78 is 10.9. The van der Waals surface area contributed by atoms with E-state index in [4.69, 9.17) is 9.47 Å². The number of carbonyl (C=O) groups is 2. The lowest BCUT2D eigenvalue weighted by Gasteiger charge is -2.27. The zero-order valence-electron chi connectivity index (χ0n) is 15.5. The van der Waals surface area contributed by atoms with E-state index in [0.29, 0.717) is 12.4 Å². The highest BCUT2D eigenvalue weighted by atomic mass is 16.6. The zero-order valence-corrected chi connectivity index (χ0v) is 15.5. The molecule has 1 aliphatic carbocycles. The number of ether oxygens (including phenoxy) is 2. The Morgan fingerprint density at radius 3 is 2.58 bits per heavy atom. The molecule has 2 aromatic rings. The van der Waals surface area contributed by atoms with Gasteiger partial charge in [0.15, 0.2) is 11.4 Å². The van der Waals surface area contributed by atoms with Gasteiger partial charge >= 0.3 is 5.97 Å². The van der Waals surface area contributed by atoms with Crippen molar-refractivity contribution in [2.75, 3.05) is 6.61 Å². The Balaban J connectivity index is 1.80. The molecular formula is C22H24O4. The van der Waals surface area contributed by atoms with Crippen LogP contribution in [0, 0.1) is 0 Å². The molecule has 4 heteroatoms. The van der Waals surface area contributed by atoms with E-state index in [2.05, 4.69) is 0 Å². The number of Topliss-reactive ketones (excluding diaryl/α,β-unsaturated/α-hetero) is 1. The maximum absolute atomic E-state index is 12.9. The van der Waals surface area contributed by atoms with Crippen molar-refractivity contribution >= 4 is 11.8 Å². The summed E-state index contributed by atoms with van der Waals surface area (Å²) >= 11 is 0. The van der Waals surface area contributed by atoms with Crippen molar-refractivity contribution in [2.45, 2.75) is 45.1 Å². The molecule has 0 radical (unpaired) electrons. The molecule has 0 N–H and O–H groups in total. The maximum atomic E-state index is 12.9. The fourth-order valence-electron chi connectivity index (χ4n) is 3.34. The number of carbonyl (C=O) groups excluding carboxylic acids is 2. The second-order valence-electron chi connectivity index (χ2n) is 7.02. The van der Waals surface area contributed by atoms with Gasteiger partial charge in [-0.05, 0) is 62.9 Å². The van der Waals surface area contributed by atoms with E-state index in [0.717, 1.165) is 29.5 Å². The molecule has 1 aliphatic rings. The number of rotatable bonds is 5. The van der Waals surface area contributed by atoms with Gasteiger partial charge < -0.3 is 9.47 Å². The van der Waals surface area contributed by atoms with E-state index in [1.165, 1.54) is 0 Å². The molecule has 1 atom stereocenters. The molecule has 0 aromatic heterocycles. The molecule has 0 saturated carbocycles. The molecule has 0 fully saturated rings. The number of aryl methyl sites for hydroxylation is 1. The van der Waals surface area contributed by atoms with E-state index in [-0.39, 0.29) is 11.7 Å². The second kappa shape index (κ2) is 7.32. The highest BCUT2D eigenvalue weighted by molar-refractivity contribution is 6.03. The molecule has 4 nitrogen and oxygen atoms in total. The van der Waals surface area contributed by atoms with E-state index >= 15 is 0 Å². The van der Waals surface area contributed by atoms with Gasteiger partial charge in [0.1, 0.15) is 5.75 Å². The van der Waals surface area contributed by atoms with Crippen LogP contribution in [0.5, 0.6) is 5.75 Å². The Bertz CT molecular complexity index is 808. The fraction of sp³-hybridized carbons (Fsp3) is 0.364. The second-order valence-corrected chi connectivity index (χ2v) is 7.02. The molecule has 136 valence electrons. The first kappa shape index (κ1) is 18.2. The average Bonchev–Trinajstić information content (AvgIpc) is 2.62. The normalized spacial score (nSPS) is 16.7. The highest BCUT2D eigenvalue weighted by Crippen LogP contribution is 2.35. The Morgan fingerprint density at radius 1 is 1.15 bits per heavy atom. The topological polar surface area (TPSA) is 52.6 Å². The first-order valence-electron chi connectivity index (χ1n) is 9.00. The molecule has 0 aliphatic heterocycles. The van der Waals surface area contributed by atoms with E-state index < -0.39 is 11.6 Å². The molecular weight excluding hydrogens is 328 g/mol. The number of hydrogen-bond donors (Lipinski definition) is 0. The number of fused-ring (bicyclic) bond motifs is 1. The minimum atomic E-state index is -1.07. The molecule has 26 heavy (non-hydrogen) atoms. The molecule has 0 amide bonds. The molecule has 0 bridgehead atoms. The lowest BCUT2D eigenvalue weighted by Crippen LogP contribution is -2.39. The summed E-state index contributed by atoms with van der Waals surface area (Å²) in [5.41, 5.74) is 1.70. The summed E-state index contributed by atoms with van der Waals surface area (Å²) in [5.74, 6) is 0.228. The molecule has 2 aromatic carbocycles. The van der Waals surface area contributed by atoms with Crippen LogP contribution in [0.25, 0.3) is 0 Å². The quantitative estimate of drug-likeness (QED) is 0.752. The molecule has 0 spiro atoms. The van der Waals surface area contributed by atoms with Crippen molar-refractivity contribution in [3.63, 3.8) is 0 Å². The van der Waals surface area contributed by atoms with Crippen LogP contribution in [0.4, 0.5) is 0 Å². The first-order chi connectivity index (χ1) is 12.4. The van der Waals surface area contributed by atoms with E-state index in [1.54, 1.807) is 26.8 Å². The van der Waals surface area contributed by atoms with Crippen LogP contribution in [-0.4, -0.2) is 24.0 Å². The zero-order chi connectivity index (χ0) is 18.7. The van der Waals surface area contributed by atoms with Gasteiger partial charge in [0, 0.05) is 11.5 Å². The lowest BCUT2D eigenvalue weighted by molar-refractivity contribution is -0.158. The third-order valence-electron chi connectivity index (χ3n) is 4.70. The number of hydrogen-bond acceptors (Lipinski definition) is 4. The Morgan fingerprint density at radius 2 is 1.88 bits per heavy atom. The molecule has 1 unspecified atom stereocenters. The fourth-order valence-corrected chi connectivity index (χ4v) is 3.34. The number of benzene rings is 2. The van der Waals surface area contributed by atoms with Gasteiger partial charge in [-0.15, -0.1) is 0 Å². The van der Waals surface area contributed by atoms with Gasteiger partial charge in [0.25, 0.3) is 0 Å². The minimum absolute atomic E-state index is 0.0913. The molecule has 3 rings (SSSR count). The number of ketones is 1. The van der Waals surface area contributed by atoms with Crippen molar-refractivity contribution < 1.29 is 19.1 Å². The van der Waals surface area contributed by atoms with Gasteiger partial charge in [-0.2, -0.15) is 0 Å². The van der Waals surface area contributed by atoms with Crippen LogP contribution in [0.1, 0.15) is 54.6 Å². The van der Waals surface area contributed by atoms with E-state index in [9.17, 15) is 9.59 Å². The van der Waals surface area contributed by atoms with Crippen LogP contribution >= 0.6 is 0 Å². The Kier molecular flexibility index (Phi) is 5.12. The third-order valence-corrected chi connectivity index (χ3v) is 4.70.